The van der Waals surface area contributed by atoms with Crippen molar-refractivity contribution < 1.29 is 19.8 Å². The Labute approximate surface area is 133 Å². The van der Waals surface area contributed by atoms with Gasteiger partial charge in [0.1, 0.15) is 0 Å². The predicted octanol–water partition coefficient (Wildman–Crippen LogP) is 4.24. The van der Waals surface area contributed by atoms with E-state index in [1.54, 1.807) is 0 Å². The highest BCUT2D eigenvalue weighted by molar-refractivity contribution is 7.80. The number of thiol groups is 1. The van der Waals surface area contributed by atoms with E-state index in [1.165, 1.54) is 32.1 Å². The predicted molar refractivity (Wildman–Crippen MR) is 87.9 cm³/mol. The van der Waals surface area contributed by atoms with Gasteiger partial charge in [0.15, 0.2) is 0 Å². The molecule has 0 fully saturated rings. The van der Waals surface area contributed by atoms with Gasteiger partial charge in [-0.3, -0.25) is 9.59 Å². The van der Waals surface area contributed by atoms with Crippen molar-refractivity contribution in [3.05, 3.63) is 0 Å². The van der Waals surface area contributed by atoms with Gasteiger partial charge in [0.25, 0.3) is 0 Å². The van der Waals surface area contributed by atoms with Crippen LogP contribution in [0, 0.1) is 11.8 Å². The fourth-order valence-corrected chi connectivity index (χ4v) is 3.05. The summed E-state index contributed by atoms with van der Waals surface area (Å²) in [5, 5.41) is 18.1. The van der Waals surface area contributed by atoms with E-state index in [9.17, 15) is 14.7 Å². The first-order valence-electron chi connectivity index (χ1n) is 8.08. The number of hydrogen-bond acceptors (Lipinski definition) is 3. The molecule has 0 amide bonds. The highest BCUT2D eigenvalue weighted by Crippen LogP contribution is 2.27. The van der Waals surface area contributed by atoms with E-state index in [4.69, 9.17) is 5.11 Å². The summed E-state index contributed by atoms with van der Waals surface area (Å²) in [5.74, 6) is -2.29. The lowest BCUT2D eigenvalue weighted by atomic mass is 9.83. The fourth-order valence-electron chi connectivity index (χ4n) is 2.72. The van der Waals surface area contributed by atoms with Crippen LogP contribution in [0.1, 0.15) is 71.1 Å². The van der Waals surface area contributed by atoms with Crippen LogP contribution < -0.4 is 0 Å². The molecule has 0 aliphatic carbocycles. The zero-order valence-corrected chi connectivity index (χ0v) is 14.0. The molecule has 0 radical (unpaired) electrons. The molecule has 21 heavy (non-hydrogen) atoms. The molecular formula is C16H30O4S. The molecular weight excluding hydrogens is 288 g/mol. The molecule has 4 nitrogen and oxygen atoms in total. The minimum absolute atomic E-state index is 0.0771. The Hall–Kier alpha value is -0.710. The van der Waals surface area contributed by atoms with Crippen molar-refractivity contribution in [1.29, 1.82) is 0 Å². The Bertz CT molecular complexity index is 294. The Balaban J connectivity index is 4.14. The van der Waals surface area contributed by atoms with Gasteiger partial charge < -0.3 is 10.2 Å². The van der Waals surface area contributed by atoms with Crippen LogP contribution in [0.15, 0.2) is 0 Å². The first-order valence-corrected chi connectivity index (χ1v) is 8.71. The number of carboxylic acids is 2. The zero-order valence-electron chi connectivity index (χ0n) is 13.1. The second kappa shape index (κ2) is 13.0. The number of hydrogen-bond donors (Lipinski definition) is 3. The molecule has 0 aromatic heterocycles. The van der Waals surface area contributed by atoms with Crippen LogP contribution in [0.5, 0.6) is 0 Å². The van der Waals surface area contributed by atoms with Gasteiger partial charge in [0.05, 0.1) is 12.3 Å². The maximum Gasteiger partial charge on any atom is 0.307 e. The highest BCUT2D eigenvalue weighted by atomic mass is 32.1. The van der Waals surface area contributed by atoms with Crippen LogP contribution in [-0.2, 0) is 9.59 Å². The Morgan fingerprint density at radius 3 is 2.00 bits per heavy atom. The lowest BCUT2D eigenvalue weighted by Crippen LogP contribution is -2.27. The molecule has 5 heteroatoms. The maximum absolute atomic E-state index is 11.3. The summed E-state index contributed by atoms with van der Waals surface area (Å²) < 4.78 is 0. The second-order valence-corrected chi connectivity index (χ2v) is 6.17. The number of aliphatic carboxylic acids is 2. The number of rotatable bonds is 14. The summed E-state index contributed by atoms with van der Waals surface area (Å²) in [7, 11) is 0. The van der Waals surface area contributed by atoms with Crippen LogP contribution in [0.25, 0.3) is 0 Å². The molecule has 0 rings (SSSR count). The van der Waals surface area contributed by atoms with Crippen LogP contribution in [-0.4, -0.2) is 27.9 Å². The molecule has 0 spiro atoms. The third kappa shape index (κ3) is 10.6. The van der Waals surface area contributed by atoms with Crippen molar-refractivity contribution in [2.75, 3.05) is 5.75 Å². The third-order valence-corrected chi connectivity index (χ3v) is 4.22. The van der Waals surface area contributed by atoms with Crippen molar-refractivity contribution in [3.8, 4) is 0 Å². The number of carbonyl (C=O) groups is 2. The Morgan fingerprint density at radius 1 is 0.952 bits per heavy atom. The maximum atomic E-state index is 11.3. The number of carboxylic acid groups (broad SMARTS) is 2. The smallest absolute Gasteiger partial charge is 0.307 e. The van der Waals surface area contributed by atoms with Gasteiger partial charge in [-0.2, -0.15) is 12.6 Å². The van der Waals surface area contributed by atoms with E-state index in [1.807, 2.05) is 0 Å². The molecule has 0 saturated carbocycles. The molecule has 0 aliphatic rings. The van der Waals surface area contributed by atoms with E-state index in [-0.39, 0.29) is 12.3 Å². The molecule has 2 N–H and O–H groups in total. The SMILES string of the molecule is CCCCCCCCCC(CCS)C(CC(=O)O)C(=O)O. The summed E-state index contributed by atoms with van der Waals surface area (Å²) in [6.45, 7) is 2.19. The molecule has 0 aromatic carbocycles. The summed E-state index contributed by atoms with van der Waals surface area (Å²) in [6, 6.07) is 0. The normalized spacial score (nSPS) is 13.8. The summed E-state index contributed by atoms with van der Waals surface area (Å²) >= 11 is 4.18. The molecule has 0 aromatic rings. The third-order valence-electron chi connectivity index (χ3n) is 3.96. The summed E-state index contributed by atoms with van der Waals surface area (Å²) in [4.78, 5) is 22.1. The molecule has 124 valence electrons. The Morgan fingerprint density at radius 2 is 1.52 bits per heavy atom. The van der Waals surface area contributed by atoms with Crippen molar-refractivity contribution in [2.45, 2.75) is 71.1 Å². The molecule has 0 aliphatic heterocycles. The molecule has 0 heterocycles. The van der Waals surface area contributed by atoms with E-state index in [0.717, 1.165) is 19.3 Å². The van der Waals surface area contributed by atoms with Gasteiger partial charge in [-0.1, -0.05) is 51.9 Å². The molecule has 2 unspecified atom stereocenters. The monoisotopic (exact) mass is 318 g/mol. The summed E-state index contributed by atoms with van der Waals surface area (Å²) in [6.07, 6.45) is 9.47. The van der Waals surface area contributed by atoms with Crippen molar-refractivity contribution in [3.63, 3.8) is 0 Å². The lowest BCUT2D eigenvalue weighted by molar-refractivity contribution is -0.150. The van der Waals surface area contributed by atoms with Crippen LogP contribution >= 0.6 is 12.6 Å². The van der Waals surface area contributed by atoms with Gasteiger partial charge in [-0.05, 0) is 24.5 Å². The molecule has 2 atom stereocenters. The molecule has 0 saturated heterocycles. The van der Waals surface area contributed by atoms with Crippen LogP contribution in [0.2, 0.25) is 0 Å². The lowest BCUT2D eigenvalue weighted by Gasteiger charge is -2.22. The molecule has 0 bridgehead atoms. The van der Waals surface area contributed by atoms with Gasteiger partial charge in [0.2, 0.25) is 0 Å². The van der Waals surface area contributed by atoms with Crippen molar-refractivity contribution in [2.24, 2.45) is 11.8 Å². The first kappa shape index (κ1) is 20.3. The summed E-state index contributed by atoms with van der Waals surface area (Å²) in [5.41, 5.74) is 0. The van der Waals surface area contributed by atoms with Gasteiger partial charge in [0, 0.05) is 0 Å². The second-order valence-electron chi connectivity index (χ2n) is 5.72. The van der Waals surface area contributed by atoms with E-state index < -0.39 is 17.9 Å². The number of unbranched alkanes of at least 4 members (excludes halogenated alkanes) is 6. The minimum atomic E-state index is -1.04. The minimum Gasteiger partial charge on any atom is -0.481 e. The van der Waals surface area contributed by atoms with E-state index >= 15 is 0 Å². The van der Waals surface area contributed by atoms with Crippen molar-refractivity contribution in [1.82, 2.24) is 0 Å². The quantitative estimate of drug-likeness (QED) is 0.331. The average Bonchev–Trinajstić information content (AvgIpc) is 2.42. The highest BCUT2D eigenvalue weighted by Gasteiger charge is 2.29. The van der Waals surface area contributed by atoms with E-state index in [0.29, 0.717) is 12.2 Å². The van der Waals surface area contributed by atoms with Gasteiger partial charge in [-0.25, -0.2) is 0 Å². The largest absolute Gasteiger partial charge is 0.481 e. The topological polar surface area (TPSA) is 74.6 Å². The fraction of sp³-hybridized carbons (Fsp3) is 0.875. The zero-order chi connectivity index (χ0) is 16.1. The standard InChI is InChI=1S/C16H30O4S/c1-2-3-4-5-6-7-8-9-13(10-11-21)14(16(19)20)12-15(17)18/h13-14,21H,2-12H2,1H3,(H,17,18)(H,19,20). The van der Waals surface area contributed by atoms with Crippen LogP contribution in [0.4, 0.5) is 0 Å². The van der Waals surface area contributed by atoms with Crippen molar-refractivity contribution >= 4 is 24.6 Å². The Kier molecular flexibility index (Phi) is 12.5. The van der Waals surface area contributed by atoms with Gasteiger partial charge >= 0.3 is 11.9 Å². The van der Waals surface area contributed by atoms with Gasteiger partial charge in [-0.15, -0.1) is 0 Å². The first-order chi connectivity index (χ1) is 10.0. The average molecular weight is 318 g/mol. The van der Waals surface area contributed by atoms with Crippen LogP contribution in [0.3, 0.4) is 0 Å². The van der Waals surface area contributed by atoms with E-state index in [2.05, 4.69) is 19.6 Å².